The number of nitrogens with one attached hydrogen (secondary N) is 1. The number of piperidine rings is 1. The minimum atomic E-state index is -0.679. The van der Waals surface area contributed by atoms with Gasteiger partial charge in [0.2, 0.25) is 11.8 Å². The molecule has 1 atom stereocenters. The van der Waals surface area contributed by atoms with E-state index in [2.05, 4.69) is 37.1 Å². The molecule has 1 aromatic rings. The highest BCUT2D eigenvalue weighted by molar-refractivity contribution is 6.00. The summed E-state index contributed by atoms with van der Waals surface area (Å²) in [6.45, 7) is 9.32. The van der Waals surface area contributed by atoms with Crippen LogP contribution in [0.4, 0.5) is 0 Å². The predicted octanol–water partition coefficient (Wildman–Crippen LogP) is 2.91. The fourth-order valence-electron chi connectivity index (χ4n) is 4.36. The van der Waals surface area contributed by atoms with Crippen molar-refractivity contribution >= 4 is 17.9 Å². The van der Waals surface area contributed by atoms with E-state index >= 15 is 0 Å². The molecule has 2 aliphatic rings. The molecule has 2 saturated heterocycles. The lowest BCUT2D eigenvalue weighted by atomic mass is 9.81. The van der Waals surface area contributed by atoms with E-state index in [1.54, 1.807) is 6.26 Å². The molecule has 0 saturated carbocycles. The maximum Gasteiger partial charge on any atom is 0.246 e. The van der Waals surface area contributed by atoms with Gasteiger partial charge in [-0.1, -0.05) is 26.8 Å². The second-order valence-corrected chi connectivity index (χ2v) is 8.40. The van der Waals surface area contributed by atoms with Gasteiger partial charge in [0, 0.05) is 26.2 Å². The van der Waals surface area contributed by atoms with Crippen molar-refractivity contribution < 1.29 is 14.0 Å². The van der Waals surface area contributed by atoms with E-state index in [-0.39, 0.29) is 17.9 Å². The van der Waals surface area contributed by atoms with Gasteiger partial charge >= 0.3 is 0 Å². The van der Waals surface area contributed by atoms with E-state index in [0.717, 1.165) is 31.8 Å². The Morgan fingerprint density at radius 3 is 2.68 bits per heavy atom. The van der Waals surface area contributed by atoms with Crippen LogP contribution in [-0.2, 0) is 9.59 Å². The zero-order chi connectivity index (χ0) is 20.1. The van der Waals surface area contributed by atoms with Gasteiger partial charge < -0.3 is 14.6 Å². The Kier molecular flexibility index (Phi) is 6.60. The van der Waals surface area contributed by atoms with Gasteiger partial charge in [0.1, 0.15) is 17.3 Å². The summed E-state index contributed by atoms with van der Waals surface area (Å²) >= 11 is 0. The van der Waals surface area contributed by atoms with E-state index in [0.29, 0.717) is 31.7 Å². The molecule has 1 spiro atoms. The van der Waals surface area contributed by atoms with Crippen molar-refractivity contribution in [1.29, 1.82) is 0 Å². The van der Waals surface area contributed by atoms with Crippen LogP contribution in [0.3, 0.4) is 0 Å². The third kappa shape index (κ3) is 4.32. The van der Waals surface area contributed by atoms with Crippen LogP contribution in [0.5, 0.6) is 0 Å². The van der Waals surface area contributed by atoms with Gasteiger partial charge in [-0.3, -0.25) is 14.5 Å². The molecule has 2 fully saturated rings. The number of piperazine rings is 1. The zero-order valence-corrected chi connectivity index (χ0v) is 17.3. The van der Waals surface area contributed by atoms with Gasteiger partial charge in [0.25, 0.3) is 0 Å². The number of nitrogens with zero attached hydrogens (tertiary/aromatic N) is 2. The van der Waals surface area contributed by atoms with Gasteiger partial charge in [-0.25, -0.2) is 0 Å². The van der Waals surface area contributed by atoms with Crippen molar-refractivity contribution in [3.05, 3.63) is 30.2 Å². The second kappa shape index (κ2) is 8.95. The van der Waals surface area contributed by atoms with Gasteiger partial charge in [0.05, 0.1) is 6.26 Å². The second-order valence-electron chi connectivity index (χ2n) is 8.40. The van der Waals surface area contributed by atoms with Crippen LogP contribution >= 0.6 is 0 Å². The van der Waals surface area contributed by atoms with Crippen LogP contribution < -0.4 is 5.32 Å². The summed E-state index contributed by atoms with van der Waals surface area (Å²) < 4.78 is 5.31. The number of likely N-dealkylation sites (tertiary alicyclic amines) is 1. The van der Waals surface area contributed by atoms with Crippen molar-refractivity contribution in [3.63, 3.8) is 0 Å². The number of carbonyl (C=O) groups excluding carboxylic acids is 2. The van der Waals surface area contributed by atoms with Gasteiger partial charge in [0.15, 0.2) is 0 Å². The monoisotopic (exact) mass is 387 g/mol. The number of hydrogen-bond acceptors (Lipinski definition) is 4. The van der Waals surface area contributed by atoms with E-state index in [1.807, 2.05) is 23.1 Å². The largest absolute Gasteiger partial charge is 0.465 e. The third-order valence-corrected chi connectivity index (χ3v) is 5.84. The van der Waals surface area contributed by atoms with E-state index < -0.39 is 5.54 Å². The van der Waals surface area contributed by atoms with E-state index in [1.165, 1.54) is 0 Å². The molecule has 3 heterocycles. The summed E-state index contributed by atoms with van der Waals surface area (Å²) in [4.78, 5) is 30.5. The Hall–Kier alpha value is -2.08. The molecule has 2 aliphatic heterocycles. The fraction of sp³-hybridized carbons (Fsp3) is 0.636. The summed E-state index contributed by atoms with van der Waals surface area (Å²) in [5.74, 6) is 1.35. The Balaban J connectivity index is 1.65. The minimum Gasteiger partial charge on any atom is -0.465 e. The predicted molar refractivity (Wildman–Crippen MR) is 110 cm³/mol. The molecule has 6 nitrogen and oxygen atoms in total. The summed E-state index contributed by atoms with van der Waals surface area (Å²) in [6.07, 6.45) is 8.67. The minimum absolute atomic E-state index is 0.0389. The third-order valence-electron chi connectivity index (χ3n) is 5.84. The molecule has 2 amide bonds. The molecule has 0 bridgehead atoms. The molecule has 0 radical (unpaired) electrons. The molecule has 6 heteroatoms. The topological polar surface area (TPSA) is 65.8 Å². The highest BCUT2D eigenvalue weighted by Crippen LogP contribution is 2.34. The van der Waals surface area contributed by atoms with E-state index in [9.17, 15) is 9.59 Å². The molecule has 28 heavy (non-hydrogen) atoms. The maximum absolute atomic E-state index is 13.1. The lowest BCUT2D eigenvalue weighted by Crippen LogP contribution is -2.73. The molecule has 1 unspecified atom stereocenters. The van der Waals surface area contributed by atoms with Crippen LogP contribution in [0.1, 0.15) is 52.2 Å². The van der Waals surface area contributed by atoms with Crippen LogP contribution in [0.15, 0.2) is 28.9 Å². The quantitative estimate of drug-likeness (QED) is 0.781. The number of hydrogen-bond donors (Lipinski definition) is 1. The summed E-state index contributed by atoms with van der Waals surface area (Å²) in [6, 6.07) is 3.42. The number of amides is 2. The van der Waals surface area contributed by atoms with Crippen molar-refractivity contribution in [3.8, 4) is 0 Å². The maximum atomic E-state index is 13.1. The molecule has 0 aromatic carbocycles. The summed E-state index contributed by atoms with van der Waals surface area (Å²) in [7, 11) is 0. The lowest BCUT2D eigenvalue weighted by molar-refractivity contribution is -0.161. The molecule has 154 valence electrons. The summed E-state index contributed by atoms with van der Waals surface area (Å²) in [5, 5.41) is 3.05. The Labute approximate surface area is 167 Å². The Morgan fingerprint density at radius 1 is 1.32 bits per heavy atom. The highest BCUT2D eigenvalue weighted by atomic mass is 16.3. The normalized spacial score (nSPS) is 23.1. The SMILES string of the molecule is CCCN1C(=O)C(CC(C)C)NC(=O)C12CCN(C/C=C/c1ccco1)CC2. The Morgan fingerprint density at radius 2 is 2.07 bits per heavy atom. The molecule has 0 aliphatic carbocycles. The van der Waals surface area contributed by atoms with Crippen LogP contribution in [-0.4, -0.2) is 59.4 Å². The average Bonchev–Trinajstić information content (AvgIpc) is 3.18. The Bertz CT molecular complexity index is 688. The van der Waals surface area contributed by atoms with Gasteiger partial charge in [-0.15, -0.1) is 0 Å². The first-order chi connectivity index (χ1) is 13.5. The number of furan rings is 1. The standard InChI is InChI=1S/C22H33N3O3/c1-4-11-25-20(26)19(16-17(2)3)23-21(27)22(25)9-13-24(14-10-22)12-5-7-18-8-6-15-28-18/h5-8,15,17,19H,4,9-14,16H2,1-3H3,(H,23,27)/b7-5+. The molecule has 3 rings (SSSR count). The van der Waals surface area contributed by atoms with Crippen molar-refractivity contribution in [2.75, 3.05) is 26.2 Å². The molecular weight excluding hydrogens is 354 g/mol. The smallest absolute Gasteiger partial charge is 0.246 e. The summed E-state index contributed by atoms with van der Waals surface area (Å²) in [5.41, 5.74) is -0.679. The number of carbonyl (C=O) groups is 2. The fourth-order valence-corrected chi connectivity index (χ4v) is 4.36. The lowest BCUT2D eigenvalue weighted by Gasteiger charge is -2.51. The van der Waals surface area contributed by atoms with Crippen molar-refractivity contribution in [2.24, 2.45) is 5.92 Å². The highest BCUT2D eigenvalue weighted by Gasteiger charge is 2.53. The number of rotatable bonds is 7. The van der Waals surface area contributed by atoms with Gasteiger partial charge in [-0.2, -0.15) is 0 Å². The molecule has 1 N–H and O–H groups in total. The van der Waals surface area contributed by atoms with Crippen LogP contribution in [0, 0.1) is 5.92 Å². The average molecular weight is 388 g/mol. The van der Waals surface area contributed by atoms with E-state index in [4.69, 9.17) is 4.42 Å². The van der Waals surface area contributed by atoms with Gasteiger partial charge in [-0.05, 0) is 49.8 Å². The van der Waals surface area contributed by atoms with Crippen molar-refractivity contribution in [1.82, 2.24) is 15.1 Å². The zero-order valence-electron chi connectivity index (χ0n) is 17.3. The van der Waals surface area contributed by atoms with Crippen molar-refractivity contribution in [2.45, 2.75) is 58.0 Å². The van der Waals surface area contributed by atoms with Crippen LogP contribution in [0.2, 0.25) is 0 Å². The van der Waals surface area contributed by atoms with Crippen LogP contribution in [0.25, 0.3) is 6.08 Å². The first-order valence-corrected chi connectivity index (χ1v) is 10.5. The molecule has 1 aromatic heterocycles. The first kappa shape index (κ1) is 20.6. The first-order valence-electron chi connectivity index (χ1n) is 10.5. The molecular formula is C22H33N3O3.